The predicted molar refractivity (Wildman–Crippen MR) is 121 cm³/mol. The molecule has 0 saturated heterocycles. The van der Waals surface area contributed by atoms with Gasteiger partial charge in [0.25, 0.3) is 5.69 Å². The van der Waals surface area contributed by atoms with Gasteiger partial charge < -0.3 is 4.74 Å². The van der Waals surface area contributed by atoms with Gasteiger partial charge in [-0.3, -0.25) is 14.7 Å². The van der Waals surface area contributed by atoms with E-state index in [0.717, 1.165) is 26.5 Å². The molecule has 0 bridgehead atoms. The number of nitrogens with zero attached hydrogens (tertiary/aromatic N) is 4. The predicted octanol–water partition coefficient (Wildman–Crippen LogP) is 5.87. The van der Waals surface area contributed by atoms with Crippen LogP contribution in [-0.4, -0.2) is 26.6 Å². The van der Waals surface area contributed by atoms with Crippen LogP contribution in [0.2, 0.25) is 0 Å². The van der Waals surface area contributed by atoms with Gasteiger partial charge in [-0.25, -0.2) is 14.4 Å². The quantitative estimate of drug-likeness (QED) is 0.249. The van der Waals surface area contributed by atoms with Crippen LogP contribution in [0.3, 0.4) is 0 Å². The molecule has 0 saturated carbocycles. The fourth-order valence-corrected chi connectivity index (χ4v) is 4.49. The number of thiazole rings is 1. The number of imidazole rings is 1. The Morgan fingerprint density at radius 3 is 2.66 bits per heavy atom. The molecule has 0 spiro atoms. The number of nitro groups is 1. The lowest BCUT2D eigenvalue weighted by molar-refractivity contribution is -0.384. The van der Waals surface area contributed by atoms with Crippen molar-refractivity contribution in [3.8, 4) is 33.3 Å². The topological polar surface area (TPSA) is 83.1 Å². The van der Waals surface area contributed by atoms with Gasteiger partial charge in [-0.05, 0) is 54.6 Å². The first kappa shape index (κ1) is 19.8. The second kappa shape index (κ2) is 7.86. The summed E-state index contributed by atoms with van der Waals surface area (Å²) in [4.78, 5) is 20.0. The molecule has 0 aliphatic carbocycles. The lowest BCUT2D eigenvalue weighted by Crippen LogP contribution is -1.99. The molecule has 0 aliphatic heterocycles. The molecule has 0 amide bonds. The fourth-order valence-electron chi connectivity index (χ4n) is 3.49. The van der Waals surface area contributed by atoms with Crippen molar-refractivity contribution in [3.05, 3.63) is 89.1 Å². The number of rotatable bonds is 5. The Hall–Kier alpha value is -4.11. The first-order valence-electron chi connectivity index (χ1n) is 9.55. The Kier molecular flexibility index (Phi) is 4.87. The molecule has 0 radical (unpaired) electrons. The van der Waals surface area contributed by atoms with E-state index in [4.69, 9.17) is 4.74 Å². The normalized spacial score (nSPS) is 11.1. The molecule has 2 aromatic heterocycles. The third-order valence-corrected chi connectivity index (χ3v) is 6.13. The Morgan fingerprint density at radius 1 is 1.09 bits per heavy atom. The van der Waals surface area contributed by atoms with Crippen LogP contribution in [0.15, 0.2) is 73.2 Å². The van der Waals surface area contributed by atoms with Crippen LogP contribution in [-0.2, 0) is 0 Å². The third-order valence-electron chi connectivity index (χ3n) is 5.06. The molecule has 5 rings (SSSR count). The van der Waals surface area contributed by atoms with Gasteiger partial charge >= 0.3 is 0 Å². The summed E-state index contributed by atoms with van der Waals surface area (Å²) in [5, 5.41) is 12.4. The molecule has 9 heteroatoms. The number of nitro benzene ring substituents is 1. The first-order chi connectivity index (χ1) is 15.5. The summed E-state index contributed by atoms with van der Waals surface area (Å²) in [6, 6.07) is 16.9. The van der Waals surface area contributed by atoms with Crippen molar-refractivity contribution in [1.29, 1.82) is 0 Å². The van der Waals surface area contributed by atoms with Crippen molar-refractivity contribution < 1.29 is 14.1 Å². The zero-order chi connectivity index (χ0) is 22.2. The van der Waals surface area contributed by atoms with Crippen LogP contribution in [0, 0.1) is 15.9 Å². The zero-order valence-electron chi connectivity index (χ0n) is 16.7. The molecule has 0 fully saturated rings. The lowest BCUT2D eigenvalue weighted by Gasteiger charge is -2.10. The molecule has 3 aromatic carbocycles. The second-order valence-electron chi connectivity index (χ2n) is 6.97. The van der Waals surface area contributed by atoms with Crippen molar-refractivity contribution in [3.63, 3.8) is 0 Å². The van der Waals surface area contributed by atoms with E-state index in [1.54, 1.807) is 35.3 Å². The molecular formula is C23H15FN4O3S. The summed E-state index contributed by atoms with van der Waals surface area (Å²) in [6.07, 6.45) is 3.20. The van der Waals surface area contributed by atoms with Crippen LogP contribution < -0.4 is 4.74 Å². The van der Waals surface area contributed by atoms with Gasteiger partial charge in [0.1, 0.15) is 16.6 Å². The summed E-state index contributed by atoms with van der Waals surface area (Å²) in [6.45, 7) is 0. The van der Waals surface area contributed by atoms with Crippen LogP contribution in [0.1, 0.15) is 0 Å². The molecule has 0 unspecified atom stereocenters. The molecule has 2 heterocycles. The lowest BCUT2D eigenvalue weighted by atomic mass is 10.1. The van der Waals surface area contributed by atoms with E-state index in [1.807, 2.05) is 24.3 Å². The van der Waals surface area contributed by atoms with Gasteiger partial charge in [-0.2, -0.15) is 0 Å². The van der Waals surface area contributed by atoms with Crippen molar-refractivity contribution in [2.75, 3.05) is 7.11 Å². The van der Waals surface area contributed by atoms with E-state index in [9.17, 15) is 14.5 Å². The molecule has 0 aliphatic rings. The minimum atomic E-state index is -0.436. The van der Waals surface area contributed by atoms with Crippen LogP contribution in [0.5, 0.6) is 5.75 Å². The minimum absolute atomic E-state index is 0.0653. The summed E-state index contributed by atoms with van der Waals surface area (Å²) >= 11 is 1.42. The number of ether oxygens (including phenoxy) is 1. The van der Waals surface area contributed by atoms with E-state index in [0.29, 0.717) is 17.0 Å². The number of hydrogen-bond acceptors (Lipinski definition) is 6. The van der Waals surface area contributed by atoms with E-state index >= 15 is 0 Å². The third kappa shape index (κ3) is 3.48. The standard InChI is InChI=1S/C23H15FN4O3S/c1-31-17-7-8-18(20(11-17)28(29)30)21-12-25-13-27(21)16-5-2-14(3-6-16)23-26-19-9-4-15(24)10-22(19)32-23/h2-13H,1H3. The number of methoxy groups -OCH3 is 1. The van der Waals surface area contributed by atoms with Crippen molar-refractivity contribution in [1.82, 2.24) is 14.5 Å². The molecule has 32 heavy (non-hydrogen) atoms. The van der Waals surface area contributed by atoms with E-state index in [-0.39, 0.29) is 11.5 Å². The van der Waals surface area contributed by atoms with Gasteiger partial charge in [-0.15, -0.1) is 11.3 Å². The fraction of sp³-hybridized carbons (Fsp3) is 0.0435. The summed E-state index contributed by atoms with van der Waals surface area (Å²) in [7, 11) is 1.46. The minimum Gasteiger partial charge on any atom is -0.497 e. The molecule has 158 valence electrons. The Balaban J connectivity index is 1.52. The summed E-state index contributed by atoms with van der Waals surface area (Å²) in [5.74, 6) is 0.120. The highest BCUT2D eigenvalue weighted by atomic mass is 32.1. The molecule has 0 N–H and O–H groups in total. The van der Waals surface area contributed by atoms with Gasteiger partial charge in [-0.1, -0.05) is 0 Å². The van der Waals surface area contributed by atoms with Crippen molar-refractivity contribution >= 4 is 27.2 Å². The maximum absolute atomic E-state index is 13.5. The van der Waals surface area contributed by atoms with Gasteiger partial charge in [0.05, 0.1) is 52.1 Å². The highest BCUT2D eigenvalue weighted by Gasteiger charge is 2.20. The number of fused-ring (bicyclic) bond motifs is 1. The smallest absolute Gasteiger partial charge is 0.282 e. The summed E-state index contributed by atoms with van der Waals surface area (Å²) in [5.41, 5.74) is 3.39. The number of benzene rings is 3. The average molecular weight is 446 g/mol. The van der Waals surface area contributed by atoms with Gasteiger partial charge in [0.2, 0.25) is 0 Å². The Labute approximate surface area is 185 Å². The van der Waals surface area contributed by atoms with E-state index < -0.39 is 4.92 Å². The second-order valence-corrected chi connectivity index (χ2v) is 8.00. The Bertz CT molecular complexity index is 1460. The first-order valence-corrected chi connectivity index (χ1v) is 10.4. The molecule has 0 atom stereocenters. The summed E-state index contributed by atoms with van der Waals surface area (Å²) < 4.78 is 21.2. The van der Waals surface area contributed by atoms with Crippen LogP contribution in [0.25, 0.3) is 37.7 Å². The maximum Gasteiger partial charge on any atom is 0.282 e. The van der Waals surface area contributed by atoms with Gasteiger partial charge in [0.15, 0.2) is 0 Å². The highest BCUT2D eigenvalue weighted by molar-refractivity contribution is 7.21. The molecular weight excluding hydrogens is 431 g/mol. The average Bonchev–Trinajstić information content (AvgIpc) is 3.45. The van der Waals surface area contributed by atoms with Gasteiger partial charge in [0, 0.05) is 11.3 Å². The maximum atomic E-state index is 13.5. The van der Waals surface area contributed by atoms with Crippen LogP contribution in [0.4, 0.5) is 10.1 Å². The van der Waals surface area contributed by atoms with Crippen LogP contribution >= 0.6 is 11.3 Å². The number of aromatic nitrogens is 3. The number of halogens is 1. The SMILES string of the molecule is COc1ccc(-c2cncn2-c2ccc(-c3nc4ccc(F)cc4s3)cc2)c([N+](=O)[O-])c1. The highest BCUT2D eigenvalue weighted by Crippen LogP contribution is 2.35. The monoisotopic (exact) mass is 446 g/mol. The number of hydrogen-bond donors (Lipinski definition) is 0. The van der Waals surface area contributed by atoms with E-state index in [1.165, 1.54) is 36.6 Å². The van der Waals surface area contributed by atoms with Crippen molar-refractivity contribution in [2.24, 2.45) is 0 Å². The zero-order valence-corrected chi connectivity index (χ0v) is 17.5. The van der Waals surface area contributed by atoms with Crippen molar-refractivity contribution in [2.45, 2.75) is 0 Å². The van der Waals surface area contributed by atoms with E-state index in [2.05, 4.69) is 9.97 Å². The molecule has 5 aromatic rings. The molecule has 7 nitrogen and oxygen atoms in total. The largest absolute Gasteiger partial charge is 0.497 e. The Morgan fingerprint density at radius 2 is 1.91 bits per heavy atom.